The van der Waals surface area contributed by atoms with E-state index in [2.05, 4.69) is 10.6 Å². The number of aliphatic hydroxyl groups is 1. The van der Waals surface area contributed by atoms with Gasteiger partial charge in [-0.15, -0.1) is 0 Å². The zero-order valence-electron chi connectivity index (χ0n) is 28.9. The monoisotopic (exact) mass is 720 g/mol. The number of carbonyl (C=O) groups is 2. The third-order valence-corrected chi connectivity index (χ3v) is 10.4. The molecule has 2 aromatic carbocycles. The summed E-state index contributed by atoms with van der Waals surface area (Å²) in [6.45, 7) is 5.18. The maximum absolute atomic E-state index is 13.9. The maximum Gasteiger partial charge on any atom is 0.407 e. The number of nitrogens with one attached hydrogen (secondary N) is 2. The first-order chi connectivity index (χ1) is 23.9. The highest BCUT2D eigenvalue weighted by molar-refractivity contribution is 7.89. The van der Waals surface area contributed by atoms with Crippen molar-refractivity contribution in [3.8, 4) is 17.2 Å². The van der Waals surface area contributed by atoms with Crippen molar-refractivity contribution in [3.05, 3.63) is 48.0 Å². The summed E-state index contributed by atoms with van der Waals surface area (Å²) in [5, 5.41) is 17.2. The van der Waals surface area contributed by atoms with Gasteiger partial charge in [0.25, 0.3) is 0 Å². The standard InChI is InChI=1S/C34H48N4O11S/c1-22(2)18-38(50(42,43)25-10-11-29-30(17-25)48-21-47-29)19-28(39)27(36-34(41)49-31-20-46-32-26(31)12-15-45-32)16-23-6-8-24(9-7-23)44-14-5-13-35-33(40)37(3)4/h6-11,17,22,26-28,31-32,39H,5,12-16,18-21H2,1-4H3,(H,35,40)(H,36,41)/t26-,27-,28+,31-,32+/m0/s1. The van der Waals surface area contributed by atoms with Crippen LogP contribution in [-0.4, -0.2) is 120 Å². The topological polar surface area (TPSA) is 174 Å². The maximum atomic E-state index is 13.9. The van der Waals surface area contributed by atoms with E-state index < -0.39 is 40.7 Å². The molecule has 3 aliphatic rings. The van der Waals surface area contributed by atoms with E-state index >= 15 is 0 Å². The minimum atomic E-state index is -4.08. The first-order valence-electron chi connectivity index (χ1n) is 16.9. The molecule has 0 aromatic heterocycles. The summed E-state index contributed by atoms with van der Waals surface area (Å²) in [5.74, 6) is 1.25. The highest BCUT2D eigenvalue weighted by atomic mass is 32.2. The Kier molecular flexibility index (Phi) is 12.7. The fourth-order valence-corrected chi connectivity index (χ4v) is 7.58. The number of urea groups is 1. The molecule has 3 aliphatic heterocycles. The highest BCUT2D eigenvalue weighted by Gasteiger charge is 2.44. The molecular formula is C34H48N4O11S. The quantitative estimate of drug-likeness (QED) is 0.218. The molecule has 0 radical (unpaired) electrons. The molecule has 16 heteroatoms. The predicted molar refractivity (Wildman–Crippen MR) is 181 cm³/mol. The van der Waals surface area contributed by atoms with Gasteiger partial charge in [-0.25, -0.2) is 18.0 Å². The fourth-order valence-electron chi connectivity index (χ4n) is 5.95. The molecule has 2 fully saturated rings. The van der Waals surface area contributed by atoms with E-state index in [0.29, 0.717) is 49.8 Å². The average Bonchev–Trinajstić information content (AvgIpc) is 3.83. The summed E-state index contributed by atoms with van der Waals surface area (Å²) in [6, 6.07) is 10.5. The van der Waals surface area contributed by atoms with Crippen LogP contribution in [0.3, 0.4) is 0 Å². The number of rotatable bonds is 16. The van der Waals surface area contributed by atoms with Crippen LogP contribution in [-0.2, 0) is 30.7 Å². The van der Waals surface area contributed by atoms with Gasteiger partial charge in [0.15, 0.2) is 17.8 Å². The lowest BCUT2D eigenvalue weighted by atomic mass is 10.0. The lowest BCUT2D eigenvalue weighted by Gasteiger charge is -2.31. The molecule has 2 aromatic rings. The van der Waals surface area contributed by atoms with E-state index in [9.17, 15) is 23.1 Å². The van der Waals surface area contributed by atoms with Gasteiger partial charge in [0.05, 0.1) is 42.8 Å². The Morgan fingerprint density at radius 2 is 1.80 bits per heavy atom. The second-order valence-corrected chi connectivity index (χ2v) is 15.1. The zero-order chi connectivity index (χ0) is 35.8. The molecule has 3 amide bonds. The Morgan fingerprint density at radius 3 is 2.54 bits per heavy atom. The van der Waals surface area contributed by atoms with Gasteiger partial charge in [0.1, 0.15) is 11.9 Å². The van der Waals surface area contributed by atoms with E-state index in [1.165, 1.54) is 21.3 Å². The normalized spacial score (nSPS) is 20.7. The number of benzene rings is 2. The Morgan fingerprint density at radius 1 is 1.04 bits per heavy atom. The number of sulfonamides is 1. The van der Waals surface area contributed by atoms with Gasteiger partial charge < -0.3 is 49.1 Å². The molecule has 3 heterocycles. The van der Waals surface area contributed by atoms with Crippen LogP contribution < -0.4 is 24.8 Å². The number of hydrogen-bond donors (Lipinski definition) is 3. The van der Waals surface area contributed by atoms with Gasteiger partial charge in [-0.1, -0.05) is 26.0 Å². The average molecular weight is 721 g/mol. The van der Waals surface area contributed by atoms with Crippen LogP contribution in [0.2, 0.25) is 0 Å². The number of nitrogens with zero attached hydrogens (tertiary/aromatic N) is 2. The summed E-state index contributed by atoms with van der Waals surface area (Å²) in [5.41, 5.74) is 0.766. The van der Waals surface area contributed by atoms with Crippen LogP contribution in [0.5, 0.6) is 17.2 Å². The third-order valence-electron chi connectivity index (χ3n) is 8.60. The van der Waals surface area contributed by atoms with Crippen LogP contribution in [0, 0.1) is 11.8 Å². The molecule has 0 bridgehead atoms. The number of fused-ring (bicyclic) bond motifs is 2. The number of carbonyl (C=O) groups excluding carboxylic acids is 2. The van der Waals surface area contributed by atoms with Gasteiger partial charge in [0, 0.05) is 39.8 Å². The first kappa shape index (κ1) is 37.4. The van der Waals surface area contributed by atoms with Crippen molar-refractivity contribution in [2.45, 2.75) is 62.5 Å². The molecule has 15 nitrogen and oxygen atoms in total. The number of hydrogen-bond acceptors (Lipinski definition) is 11. The van der Waals surface area contributed by atoms with Crippen molar-refractivity contribution < 1.29 is 51.5 Å². The lowest BCUT2D eigenvalue weighted by Crippen LogP contribution is -2.51. The summed E-state index contributed by atoms with van der Waals surface area (Å²) < 4.78 is 62.5. The Bertz CT molecular complexity index is 1560. The van der Waals surface area contributed by atoms with Crippen molar-refractivity contribution in [1.82, 2.24) is 19.8 Å². The largest absolute Gasteiger partial charge is 0.494 e. The minimum Gasteiger partial charge on any atom is -0.494 e. The van der Waals surface area contributed by atoms with Gasteiger partial charge in [-0.05, 0) is 55.0 Å². The minimum absolute atomic E-state index is 0.00190. The van der Waals surface area contributed by atoms with E-state index in [-0.39, 0.29) is 55.7 Å². The van der Waals surface area contributed by atoms with Gasteiger partial charge >= 0.3 is 12.1 Å². The molecule has 5 rings (SSSR count). The van der Waals surface area contributed by atoms with Gasteiger partial charge in [0.2, 0.25) is 16.8 Å². The Hall–Kier alpha value is -3.83. The SMILES string of the molecule is CC(C)CN(C[C@@H](O)[C@H](Cc1ccc(OCCCNC(=O)N(C)C)cc1)NC(=O)O[C@H]1CO[C@H]2OCC[C@H]21)S(=O)(=O)c1ccc2c(c1)OCO2. The number of ether oxygens (including phenoxy) is 6. The summed E-state index contributed by atoms with van der Waals surface area (Å²) in [4.78, 5) is 26.4. The second kappa shape index (κ2) is 16.9. The zero-order valence-corrected chi connectivity index (χ0v) is 29.7. The molecular weight excluding hydrogens is 672 g/mol. The molecule has 0 spiro atoms. The van der Waals surface area contributed by atoms with Crippen LogP contribution in [0.25, 0.3) is 0 Å². The molecule has 3 N–H and O–H groups in total. The smallest absolute Gasteiger partial charge is 0.407 e. The molecule has 276 valence electrons. The van der Waals surface area contributed by atoms with Crippen molar-refractivity contribution in [1.29, 1.82) is 0 Å². The number of amides is 3. The summed E-state index contributed by atoms with van der Waals surface area (Å²) in [7, 11) is -0.740. The van der Waals surface area contributed by atoms with E-state index in [1.54, 1.807) is 32.3 Å². The number of alkyl carbamates (subject to hydrolysis) is 1. The predicted octanol–water partition coefficient (Wildman–Crippen LogP) is 2.56. The van der Waals surface area contributed by atoms with E-state index in [0.717, 1.165) is 5.56 Å². The van der Waals surface area contributed by atoms with Crippen LogP contribution in [0.15, 0.2) is 47.4 Å². The fraction of sp³-hybridized carbons (Fsp3) is 0.588. The van der Waals surface area contributed by atoms with Crippen LogP contribution >= 0.6 is 0 Å². The molecule has 0 saturated carbocycles. The molecule has 2 saturated heterocycles. The molecule has 50 heavy (non-hydrogen) atoms. The van der Waals surface area contributed by atoms with Crippen molar-refractivity contribution in [2.24, 2.45) is 11.8 Å². The molecule has 0 aliphatic carbocycles. The van der Waals surface area contributed by atoms with E-state index in [1.807, 2.05) is 26.0 Å². The Labute approximate surface area is 293 Å². The summed E-state index contributed by atoms with van der Waals surface area (Å²) in [6.07, 6.45) is -1.48. The van der Waals surface area contributed by atoms with Crippen LogP contribution in [0.4, 0.5) is 9.59 Å². The number of aliphatic hydroxyl groups excluding tert-OH is 1. The summed E-state index contributed by atoms with van der Waals surface area (Å²) >= 11 is 0. The van der Waals surface area contributed by atoms with Gasteiger partial charge in [-0.3, -0.25) is 0 Å². The Balaban J connectivity index is 1.27. The third kappa shape index (κ3) is 9.69. The van der Waals surface area contributed by atoms with Gasteiger partial charge in [-0.2, -0.15) is 4.31 Å². The molecule has 0 unspecified atom stereocenters. The van der Waals surface area contributed by atoms with E-state index in [4.69, 9.17) is 28.4 Å². The van der Waals surface area contributed by atoms with Crippen molar-refractivity contribution >= 4 is 22.1 Å². The van der Waals surface area contributed by atoms with Crippen molar-refractivity contribution in [3.63, 3.8) is 0 Å². The highest BCUT2D eigenvalue weighted by Crippen LogP contribution is 2.35. The van der Waals surface area contributed by atoms with Crippen molar-refractivity contribution in [2.75, 3.05) is 60.3 Å². The molecule has 5 atom stereocenters. The first-order valence-corrected chi connectivity index (χ1v) is 18.3. The van der Waals surface area contributed by atoms with Crippen LogP contribution in [0.1, 0.15) is 32.3 Å². The lowest BCUT2D eigenvalue weighted by molar-refractivity contribution is -0.0907. The second-order valence-electron chi connectivity index (χ2n) is 13.2.